The predicted molar refractivity (Wildman–Crippen MR) is 178 cm³/mol. The van der Waals surface area contributed by atoms with E-state index in [1.165, 1.54) is 21.9 Å². The summed E-state index contributed by atoms with van der Waals surface area (Å²) in [5.74, 6) is -4.98. The van der Waals surface area contributed by atoms with Gasteiger partial charge in [-0.3, -0.25) is 24.1 Å². The van der Waals surface area contributed by atoms with Crippen molar-refractivity contribution in [1.82, 2.24) is 0 Å². The lowest BCUT2D eigenvalue weighted by atomic mass is 9.49. The molecule has 2 aliphatic carbocycles. The normalized spacial score (nSPS) is 28.2. The Morgan fingerprint density at radius 3 is 2.11 bits per heavy atom. The molecule has 7 nitrogen and oxygen atoms in total. The van der Waals surface area contributed by atoms with E-state index < -0.39 is 46.8 Å². The Hall–Kier alpha value is -4.72. The molecular formula is C38H28Cl2N2O5. The third-order valence-corrected chi connectivity index (χ3v) is 11.0. The second kappa shape index (κ2) is 10.9. The molecule has 4 aromatic rings. The molecule has 4 aromatic carbocycles. The van der Waals surface area contributed by atoms with Crippen LogP contribution in [0, 0.1) is 23.7 Å². The molecule has 2 aliphatic heterocycles. The van der Waals surface area contributed by atoms with E-state index in [0.29, 0.717) is 33.9 Å². The fourth-order valence-corrected chi connectivity index (χ4v) is 9.14. The van der Waals surface area contributed by atoms with Gasteiger partial charge in [0.1, 0.15) is 5.75 Å². The van der Waals surface area contributed by atoms with Gasteiger partial charge < -0.3 is 5.11 Å². The Morgan fingerprint density at radius 1 is 0.702 bits per heavy atom. The first kappa shape index (κ1) is 29.7. The number of carbonyl (C=O) groups excluding carboxylic acids is 4. The number of fused-ring (bicyclic) bond motifs is 4. The van der Waals surface area contributed by atoms with Gasteiger partial charge in [0, 0.05) is 16.0 Å². The molecule has 4 amide bonds. The first-order valence-electron chi connectivity index (χ1n) is 15.5. The fraction of sp³-hybridized carbons (Fsp3) is 0.211. The van der Waals surface area contributed by atoms with Crippen molar-refractivity contribution in [3.05, 3.63) is 136 Å². The van der Waals surface area contributed by atoms with E-state index in [-0.39, 0.29) is 29.0 Å². The van der Waals surface area contributed by atoms with Gasteiger partial charge in [-0.15, -0.1) is 0 Å². The van der Waals surface area contributed by atoms with Gasteiger partial charge in [0.05, 0.1) is 34.5 Å². The first-order chi connectivity index (χ1) is 22.7. The monoisotopic (exact) mass is 662 g/mol. The molecule has 8 rings (SSSR count). The zero-order valence-corrected chi connectivity index (χ0v) is 26.4. The number of hydrogen-bond acceptors (Lipinski definition) is 5. The number of phenols is 1. The first-order valence-corrected chi connectivity index (χ1v) is 16.3. The lowest BCUT2D eigenvalue weighted by molar-refractivity contribution is -0.127. The second-order valence-electron chi connectivity index (χ2n) is 12.6. The topological polar surface area (TPSA) is 95.0 Å². The van der Waals surface area contributed by atoms with Gasteiger partial charge in [0.2, 0.25) is 23.6 Å². The van der Waals surface area contributed by atoms with Crippen LogP contribution < -0.4 is 9.80 Å². The molecule has 0 spiro atoms. The Kier molecular flexibility index (Phi) is 6.90. The van der Waals surface area contributed by atoms with E-state index >= 15 is 4.79 Å². The summed E-state index contributed by atoms with van der Waals surface area (Å²) in [5.41, 5.74) is 1.40. The molecule has 1 N–H and O–H groups in total. The maximum atomic E-state index is 15.2. The fourth-order valence-electron chi connectivity index (χ4n) is 8.67. The summed E-state index contributed by atoms with van der Waals surface area (Å²) in [6.45, 7) is 0. The number of para-hydroxylation sites is 1. The summed E-state index contributed by atoms with van der Waals surface area (Å²) in [6.07, 6.45) is 2.46. The maximum absolute atomic E-state index is 15.2. The van der Waals surface area contributed by atoms with Crippen LogP contribution in [0.2, 0.25) is 10.0 Å². The molecule has 234 valence electrons. The standard InChI is InChI=1S/C38H28Cl2N2O5/c39-22-10-7-13-24(18-22)42-35(45)30-20-29-26(16-17-28-32(29)36(46)41(34(28)44)23-11-5-2-6-12-23)33(27-15-14-25(43)19-31(27)40)38(30,37(42)47)21-8-3-1-4-9-21/h1-16,18-19,28-30,32-33,43H,17,20H2. The lowest BCUT2D eigenvalue weighted by Gasteiger charge is -2.51. The molecule has 6 unspecified atom stereocenters. The third-order valence-electron chi connectivity index (χ3n) is 10.5. The summed E-state index contributed by atoms with van der Waals surface area (Å²) in [7, 11) is 0. The number of nitrogens with zero attached hydrogens (tertiary/aromatic N) is 2. The molecule has 6 atom stereocenters. The number of benzene rings is 4. The molecule has 1 saturated carbocycles. The zero-order valence-electron chi connectivity index (χ0n) is 24.9. The molecule has 0 bridgehead atoms. The van der Waals surface area contributed by atoms with Crippen molar-refractivity contribution >= 4 is 58.2 Å². The van der Waals surface area contributed by atoms with E-state index in [1.807, 2.05) is 42.5 Å². The minimum atomic E-state index is -1.44. The smallest absolute Gasteiger partial charge is 0.246 e. The van der Waals surface area contributed by atoms with Crippen LogP contribution in [0.15, 0.2) is 115 Å². The van der Waals surface area contributed by atoms with Crippen molar-refractivity contribution in [2.45, 2.75) is 24.2 Å². The van der Waals surface area contributed by atoms with Crippen molar-refractivity contribution in [3.63, 3.8) is 0 Å². The second-order valence-corrected chi connectivity index (χ2v) is 13.5. The predicted octanol–water partition coefficient (Wildman–Crippen LogP) is 7.07. The molecule has 4 aliphatic rings. The number of rotatable bonds is 4. The number of allylic oxidation sites excluding steroid dienone is 2. The van der Waals surface area contributed by atoms with Crippen molar-refractivity contribution in [3.8, 4) is 5.75 Å². The van der Waals surface area contributed by atoms with Crippen LogP contribution in [0.4, 0.5) is 11.4 Å². The number of carbonyl (C=O) groups is 4. The molecule has 2 saturated heterocycles. The van der Waals surface area contributed by atoms with Crippen molar-refractivity contribution < 1.29 is 24.3 Å². The van der Waals surface area contributed by atoms with E-state index in [1.54, 1.807) is 54.6 Å². The van der Waals surface area contributed by atoms with Gasteiger partial charge in [0.15, 0.2) is 0 Å². The summed E-state index contributed by atoms with van der Waals surface area (Å²) in [5, 5.41) is 10.9. The van der Waals surface area contributed by atoms with Crippen molar-refractivity contribution in [2.75, 3.05) is 9.80 Å². The van der Waals surface area contributed by atoms with Crippen molar-refractivity contribution in [2.24, 2.45) is 23.7 Å². The van der Waals surface area contributed by atoms with Crippen LogP contribution in [0.25, 0.3) is 0 Å². The van der Waals surface area contributed by atoms with Crippen LogP contribution in [-0.2, 0) is 24.6 Å². The number of aromatic hydroxyl groups is 1. The SMILES string of the molecule is O=C1C2CC=C3C(CC4C(=O)N(c5cccc(Cl)c5)C(=O)C4(c4ccccc4)C3c3ccc(O)cc3Cl)C2C(=O)N1c1ccccc1. The molecule has 3 fully saturated rings. The number of phenolic OH excluding ortho intramolecular Hbond substituents is 1. The van der Waals surface area contributed by atoms with E-state index in [0.717, 1.165) is 5.57 Å². The molecule has 0 radical (unpaired) electrons. The number of imide groups is 2. The Bertz CT molecular complexity index is 2010. The van der Waals surface area contributed by atoms with Crippen LogP contribution in [-0.4, -0.2) is 28.7 Å². The van der Waals surface area contributed by atoms with Crippen LogP contribution >= 0.6 is 23.2 Å². The highest BCUT2D eigenvalue weighted by Gasteiger charge is 2.70. The minimum absolute atomic E-state index is 0.0430. The van der Waals surface area contributed by atoms with Gasteiger partial charge >= 0.3 is 0 Å². The maximum Gasteiger partial charge on any atom is 0.246 e. The van der Waals surface area contributed by atoms with Gasteiger partial charge in [0.25, 0.3) is 0 Å². The third kappa shape index (κ3) is 4.19. The summed E-state index contributed by atoms with van der Waals surface area (Å²) in [6, 6.07) is 29.4. The molecular weight excluding hydrogens is 635 g/mol. The van der Waals surface area contributed by atoms with E-state index in [9.17, 15) is 19.5 Å². The van der Waals surface area contributed by atoms with Crippen LogP contribution in [0.1, 0.15) is 29.9 Å². The number of halogens is 2. The van der Waals surface area contributed by atoms with Crippen LogP contribution in [0.5, 0.6) is 5.75 Å². The quantitative estimate of drug-likeness (QED) is 0.186. The molecule has 2 heterocycles. The summed E-state index contributed by atoms with van der Waals surface area (Å²) in [4.78, 5) is 60.6. The minimum Gasteiger partial charge on any atom is -0.508 e. The largest absolute Gasteiger partial charge is 0.508 e. The van der Waals surface area contributed by atoms with Gasteiger partial charge in [-0.25, -0.2) is 4.90 Å². The number of hydrogen-bond donors (Lipinski definition) is 1. The number of amides is 4. The molecule has 47 heavy (non-hydrogen) atoms. The highest BCUT2D eigenvalue weighted by Crippen LogP contribution is 2.65. The Morgan fingerprint density at radius 2 is 1.40 bits per heavy atom. The zero-order chi connectivity index (χ0) is 32.6. The average Bonchev–Trinajstić information content (AvgIpc) is 3.46. The van der Waals surface area contributed by atoms with Gasteiger partial charge in [-0.05, 0) is 72.4 Å². The van der Waals surface area contributed by atoms with Crippen molar-refractivity contribution in [1.29, 1.82) is 0 Å². The highest BCUT2D eigenvalue weighted by molar-refractivity contribution is 6.33. The molecule has 9 heteroatoms. The number of anilines is 2. The average molecular weight is 664 g/mol. The van der Waals surface area contributed by atoms with E-state index in [2.05, 4.69) is 0 Å². The van der Waals surface area contributed by atoms with Gasteiger partial charge in [-0.1, -0.05) is 95.5 Å². The Balaban J connectivity index is 1.37. The van der Waals surface area contributed by atoms with E-state index in [4.69, 9.17) is 23.2 Å². The summed E-state index contributed by atoms with van der Waals surface area (Å²) < 4.78 is 0. The Labute approximate surface area is 281 Å². The summed E-state index contributed by atoms with van der Waals surface area (Å²) >= 11 is 13.3. The highest BCUT2D eigenvalue weighted by atomic mass is 35.5. The molecule has 0 aromatic heterocycles. The van der Waals surface area contributed by atoms with Gasteiger partial charge in [-0.2, -0.15) is 0 Å². The lowest BCUT2D eigenvalue weighted by Crippen LogP contribution is -2.53. The van der Waals surface area contributed by atoms with Crippen LogP contribution in [0.3, 0.4) is 0 Å².